The molecule has 1 aromatic heterocycles. The third-order valence-electron chi connectivity index (χ3n) is 4.22. The topological polar surface area (TPSA) is 54.5 Å². The fraction of sp³-hybridized carbons (Fsp3) is 0.333. The third kappa shape index (κ3) is 3.79. The molecule has 1 fully saturated rings. The number of carbonyl (C=O) groups is 1. The molecule has 0 spiro atoms. The molecule has 1 aromatic carbocycles. The number of aryl methyl sites for hydroxylation is 2. The molecule has 2 heterocycles. The highest BCUT2D eigenvalue weighted by atomic mass is 35.5. The first-order chi connectivity index (χ1) is 11.5. The number of aromatic nitrogens is 1. The molecule has 0 unspecified atom stereocenters. The van der Waals surface area contributed by atoms with Crippen molar-refractivity contribution < 1.29 is 9.53 Å². The number of rotatable bonds is 3. The molecule has 2 amide bonds. The number of halogens is 1. The van der Waals surface area contributed by atoms with Crippen LogP contribution in [0.25, 0.3) is 0 Å². The van der Waals surface area contributed by atoms with Gasteiger partial charge >= 0.3 is 6.03 Å². The maximum atomic E-state index is 12.4. The van der Waals surface area contributed by atoms with Crippen LogP contribution in [0.1, 0.15) is 17.5 Å². The van der Waals surface area contributed by atoms with Gasteiger partial charge in [0, 0.05) is 37.1 Å². The number of amides is 2. The van der Waals surface area contributed by atoms with Gasteiger partial charge in [-0.2, -0.15) is 0 Å². The van der Waals surface area contributed by atoms with Crippen molar-refractivity contribution in [2.24, 2.45) is 0 Å². The highest BCUT2D eigenvalue weighted by molar-refractivity contribution is 6.31. The van der Waals surface area contributed by atoms with E-state index in [0.717, 1.165) is 17.7 Å². The van der Waals surface area contributed by atoms with Crippen LogP contribution in [-0.2, 0) is 0 Å². The van der Waals surface area contributed by atoms with Gasteiger partial charge in [-0.05, 0) is 37.1 Å². The molecule has 6 heteroatoms. The zero-order chi connectivity index (χ0) is 17.1. The molecule has 126 valence electrons. The number of nitrogens with zero attached hydrogens (tertiary/aromatic N) is 2. The van der Waals surface area contributed by atoms with Crippen LogP contribution < -0.4 is 10.1 Å². The first-order valence-electron chi connectivity index (χ1n) is 7.92. The Bertz CT molecular complexity index is 751. The van der Waals surface area contributed by atoms with Gasteiger partial charge in [0.2, 0.25) is 0 Å². The molecule has 2 aromatic rings. The molecule has 1 atom stereocenters. The summed E-state index contributed by atoms with van der Waals surface area (Å²) in [5.41, 5.74) is 3.17. The molecule has 0 saturated carbocycles. The molecule has 3 rings (SSSR count). The normalized spacial score (nSPS) is 17.0. The van der Waals surface area contributed by atoms with Crippen LogP contribution in [0.15, 0.2) is 36.7 Å². The molecule has 1 aliphatic rings. The Hall–Kier alpha value is -2.27. The van der Waals surface area contributed by atoms with E-state index in [4.69, 9.17) is 16.3 Å². The number of nitrogens with one attached hydrogen (secondary N) is 1. The summed E-state index contributed by atoms with van der Waals surface area (Å²) in [7, 11) is 0. The van der Waals surface area contributed by atoms with Gasteiger partial charge in [-0.15, -0.1) is 0 Å². The minimum absolute atomic E-state index is 0.0598. The minimum atomic E-state index is -0.106. The third-order valence-corrected chi connectivity index (χ3v) is 4.50. The van der Waals surface area contributed by atoms with Gasteiger partial charge in [0.1, 0.15) is 16.9 Å². The minimum Gasteiger partial charge on any atom is -0.487 e. The maximum Gasteiger partial charge on any atom is 0.321 e. The summed E-state index contributed by atoms with van der Waals surface area (Å²) in [5, 5.41) is 3.43. The Balaban J connectivity index is 1.57. The standard InChI is InChI=1S/C18H20ClN3O2/c1-12-3-4-14(9-13(12)2)21-18(23)22-8-6-15(11-22)24-17-5-7-20-10-16(17)19/h3-5,7,9-10,15H,6,8,11H2,1-2H3,(H,21,23)/t15-/m0/s1. The molecule has 0 aliphatic carbocycles. The van der Waals surface area contributed by atoms with Crippen molar-refractivity contribution in [3.8, 4) is 5.75 Å². The first-order valence-corrected chi connectivity index (χ1v) is 8.30. The summed E-state index contributed by atoms with van der Waals surface area (Å²) >= 11 is 6.06. The molecule has 5 nitrogen and oxygen atoms in total. The maximum absolute atomic E-state index is 12.4. The van der Waals surface area contributed by atoms with Gasteiger partial charge < -0.3 is 15.0 Å². The Morgan fingerprint density at radius 2 is 2.17 bits per heavy atom. The van der Waals surface area contributed by atoms with Crippen LogP contribution in [-0.4, -0.2) is 35.1 Å². The number of urea groups is 1. The average Bonchev–Trinajstić information content (AvgIpc) is 3.02. The molecule has 1 saturated heterocycles. The van der Waals surface area contributed by atoms with Crippen LogP contribution in [0, 0.1) is 13.8 Å². The Kier molecular flexibility index (Phi) is 4.90. The van der Waals surface area contributed by atoms with Crippen molar-refractivity contribution >= 4 is 23.3 Å². The largest absolute Gasteiger partial charge is 0.487 e. The van der Waals surface area contributed by atoms with Gasteiger partial charge in [-0.1, -0.05) is 17.7 Å². The predicted octanol–water partition coefficient (Wildman–Crippen LogP) is 4.04. The number of hydrogen-bond donors (Lipinski definition) is 1. The summed E-state index contributed by atoms with van der Waals surface area (Å²) in [6.45, 7) is 5.27. The molecule has 0 bridgehead atoms. The van der Waals surface area contributed by atoms with E-state index in [9.17, 15) is 4.79 Å². The number of benzene rings is 1. The van der Waals surface area contributed by atoms with Crippen LogP contribution in [0.2, 0.25) is 5.02 Å². The van der Waals surface area contributed by atoms with E-state index < -0.39 is 0 Å². The number of anilines is 1. The van der Waals surface area contributed by atoms with Crippen LogP contribution in [0.3, 0.4) is 0 Å². The van der Waals surface area contributed by atoms with Crippen LogP contribution >= 0.6 is 11.6 Å². The monoisotopic (exact) mass is 345 g/mol. The highest BCUT2D eigenvalue weighted by Gasteiger charge is 2.28. The summed E-state index contributed by atoms with van der Waals surface area (Å²) in [5.74, 6) is 0.605. The van der Waals surface area contributed by atoms with Crippen molar-refractivity contribution in [2.75, 3.05) is 18.4 Å². The summed E-state index contributed by atoms with van der Waals surface area (Å²) < 4.78 is 5.88. The summed E-state index contributed by atoms with van der Waals surface area (Å²) in [6.07, 6.45) is 3.91. The van der Waals surface area contributed by atoms with Gasteiger partial charge in [-0.25, -0.2) is 4.79 Å². The van der Waals surface area contributed by atoms with E-state index in [-0.39, 0.29) is 12.1 Å². The molecular weight excluding hydrogens is 326 g/mol. The zero-order valence-electron chi connectivity index (χ0n) is 13.8. The van der Waals surface area contributed by atoms with E-state index in [2.05, 4.69) is 10.3 Å². The zero-order valence-corrected chi connectivity index (χ0v) is 14.5. The average molecular weight is 346 g/mol. The van der Waals surface area contributed by atoms with Crippen LogP contribution in [0.4, 0.5) is 10.5 Å². The highest BCUT2D eigenvalue weighted by Crippen LogP contribution is 2.26. The van der Waals surface area contributed by atoms with Crippen LogP contribution in [0.5, 0.6) is 5.75 Å². The van der Waals surface area contributed by atoms with Gasteiger partial charge in [0.25, 0.3) is 0 Å². The smallest absolute Gasteiger partial charge is 0.321 e. The fourth-order valence-corrected chi connectivity index (χ4v) is 2.83. The predicted molar refractivity (Wildman–Crippen MR) is 94.8 cm³/mol. The van der Waals surface area contributed by atoms with Crippen molar-refractivity contribution in [1.82, 2.24) is 9.88 Å². The molecular formula is C18H20ClN3O2. The van der Waals surface area contributed by atoms with Crippen molar-refractivity contribution in [3.63, 3.8) is 0 Å². The van der Waals surface area contributed by atoms with E-state index in [0.29, 0.717) is 23.9 Å². The number of carbonyl (C=O) groups excluding carboxylic acids is 1. The SMILES string of the molecule is Cc1ccc(NC(=O)N2CC[C@H](Oc3ccncc3Cl)C2)cc1C. The Morgan fingerprint density at radius 1 is 1.33 bits per heavy atom. The number of pyridine rings is 1. The van der Waals surface area contributed by atoms with Gasteiger partial charge in [0.05, 0.1) is 6.54 Å². The number of ether oxygens (including phenoxy) is 1. The second-order valence-corrected chi connectivity index (χ2v) is 6.42. The molecule has 1 N–H and O–H groups in total. The molecule has 0 radical (unpaired) electrons. The Morgan fingerprint density at radius 3 is 2.92 bits per heavy atom. The quantitative estimate of drug-likeness (QED) is 0.913. The van der Waals surface area contributed by atoms with E-state index in [1.165, 1.54) is 5.56 Å². The fourth-order valence-electron chi connectivity index (χ4n) is 2.67. The second kappa shape index (κ2) is 7.09. The van der Waals surface area contributed by atoms with Gasteiger partial charge in [-0.3, -0.25) is 4.98 Å². The lowest BCUT2D eigenvalue weighted by atomic mass is 10.1. The number of likely N-dealkylation sites (tertiary alicyclic amines) is 1. The molecule has 1 aliphatic heterocycles. The number of hydrogen-bond acceptors (Lipinski definition) is 3. The van der Waals surface area contributed by atoms with Crippen molar-refractivity contribution in [2.45, 2.75) is 26.4 Å². The van der Waals surface area contributed by atoms with E-state index in [1.807, 2.05) is 32.0 Å². The summed E-state index contributed by atoms with van der Waals surface area (Å²) in [6, 6.07) is 7.53. The van der Waals surface area contributed by atoms with Gasteiger partial charge in [0.15, 0.2) is 0 Å². The lowest BCUT2D eigenvalue weighted by Gasteiger charge is -2.18. The summed E-state index contributed by atoms with van der Waals surface area (Å²) in [4.78, 5) is 18.1. The van der Waals surface area contributed by atoms with E-state index >= 15 is 0 Å². The van der Waals surface area contributed by atoms with Crippen molar-refractivity contribution in [1.29, 1.82) is 0 Å². The first kappa shape index (κ1) is 16.6. The van der Waals surface area contributed by atoms with Crippen molar-refractivity contribution in [3.05, 3.63) is 52.8 Å². The molecule has 24 heavy (non-hydrogen) atoms. The second-order valence-electron chi connectivity index (χ2n) is 6.01. The van der Waals surface area contributed by atoms with E-state index in [1.54, 1.807) is 23.4 Å². The lowest BCUT2D eigenvalue weighted by Crippen LogP contribution is -2.34. The lowest BCUT2D eigenvalue weighted by molar-refractivity contribution is 0.195. The Labute approximate surface area is 146 Å².